The summed E-state index contributed by atoms with van der Waals surface area (Å²) in [5, 5.41) is 5.03. The first-order chi connectivity index (χ1) is 33.8. The number of piperidine rings is 1. The molecule has 0 bridgehead atoms. The number of ketones is 1. The van der Waals surface area contributed by atoms with E-state index < -0.39 is 23.3 Å². The molecule has 2 aliphatic rings. The Hall–Kier alpha value is -3.14. The molecule has 0 N–H and O–H groups in total. The highest BCUT2D eigenvalue weighted by atomic mass is 35.5. The van der Waals surface area contributed by atoms with E-state index in [1.54, 1.807) is 20.3 Å². The van der Waals surface area contributed by atoms with Crippen molar-refractivity contribution in [3.05, 3.63) is 59.2 Å². The Morgan fingerprint density at radius 1 is 0.614 bits per heavy atom. The first kappa shape index (κ1) is 61.2. The van der Waals surface area contributed by atoms with Gasteiger partial charge in [0.15, 0.2) is 17.3 Å². The van der Waals surface area contributed by atoms with Crippen LogP contribution < -0.4 is 9.47 Å². The number of fused-ring (bicyclic) bond motifs is 1. The maximum absolute atomic E-state index is 15.1. The fourth-order valence-electron chi connectivity index (χ4n) is 11.3. The molecule has 2 aromatic carbocycles. The number of unbranched alkanes of at least 4 members (excludes halogenated alkanes) is 27. The second-order valence-electron chi connectivity index (χ2n) is 21.0. The van der Waals surface area contributed by atoms with Gasteiger partial charge < -0.3 is 9.47 Å². The van der Waals surface area contributed by atoms with Crippen molar-refractivity contribution in [2.75, 3.05) is 27.3 Å². The molecular weight excluding hydrogens is 898 g/mol. The van der Waals surface area contributed by atoms with E-state index in [9.17, 15) is 9.59 Å². The van der Waals surface area contributed by atoms with Crippen LogP contribution in [-0.2, 0) is 37.4 Å². The largest absolute Gasteiger partial charge is 0.493 e. The van der Waals surface area contributed by atoms with Crippen LogP contribution in [0.1, 0.15) is 254 Å². The second-order valence-corrected chi connectivity index (χ2v) is 21.0. The third-order valence-electron chi connectivity index (χ3n) is 15.4. The summed E-state index contributed by atoms with van der Waals surface area (Å²) in [5.41, 5.74) is 1.67. The maximum Gasteiger partial charge on any atom is 0.350 e. The van der Waals surface area contributed by atoms with E-state index in [2.05, 4.69) is 43.0 Å². The molecule has 2 atom stereocenters. The number of nitrogens with zero attached hydrogens (tertiary/aromatic N) is 1. The lowest BCUT2D eigenvalue weighted by Crippen LogP contribution is -2.45. The summed E-state index contributed by atoms with van der Waals surface area (Å²) in [6.07, 6.45) is 39.4. The molecule has 2 aromatic rings. The molecule has 1 heterocycles. The van der Waals surface area contributed by atoms with E-state index in [4.69, 9.17) is 24.3 Å². The molecule has 1 saturated heterocycles. The minimum atomic E-state index is -1.05. The van der Waals surface area contributed by atoms with E-state index >= 15 is 4.79 Å². The predicted molar refractivity (Wildman–Crippen MR) is 288 cm³/mol. The zero-order valence-corrected chi connectivity index (χ0v) is 45.5. The normalized spacial score (nSPS) is 16.4. The number of rotatable bonds is 41. The van der Waals surface area contributed by atoms with Crippen molar-refractivity contribution in [2.45, 2.75) is 245 Å². The number of hydrogen-bond donors (Lipinski definition) is 0. The zero-order valence-electron chi connectivity index (χ0n) is 44.7. The lowest BCUT2D eigenvalue weighted by molar-refractivity contribution is -0.461. The van der Waals surface area contributed by atoms with Gasteiger partial charge in [0.1, 0.15) is 0 Å². The number of ether oxygens (including phenoxy) is 2. The summed E-state index contributed by atoms with van der Waals surface area (Å²) >= 11 is 0. The monoisotopic (exact) mass is 996 g/mol. The van der Waals surface area contributed by atoms with Crippen LogP contribution >= 0.6 is 12.4 Å². The number of benzene rings is 2. The van der Waals surface area contributed by atoms with Gasteiger partial charge in [-0.25, -0.2) is 9.59 Å². The number of carbonyl (C=O) groups is 3. The van der Waals surface area contributed by atoms with Crippen LogP contribution in [0, 0.1) is 17.3 Å². The van der Waals surface area contributed by atoms with E-state index in [-0.39, 0.29) is 30.5 Å². The number of hydrogen-bond acceptors (Lipinski definition) is 9. The molecule has 0 saturated carbocycles. The summed E-state index contributed by atoms with van der Waals surface area (Å²) in [6.45, 7) is 7.28. The van der Waals surface area contributed by atoms with Gasteiger partial charge in [0, 0.05) is 23.6 Å². The van der Waals surface area contributed by atoms with Crippen molar-refractivity contribution in [1.82, 2.24) is 4.90 Å². The van der Waals surface area contributed by atoms with Crippen LogP contribution in [0.15, 0.2) is 42.5 Å². The van der Waals surface area contributed by atoms with E-state index in [1.165, 1.54) is 153 Å². The number of methoxy groups -OCH3 is 2. The molecule has 0 amide bonds. The Morgan fingerprint density at radius 2 is 1.07 bits per heavy atom. The zero-order chi connectivity index (χ0) is 49.2. The Labute approximate surface area is 432 Å². The van der Waals surface area contributed by atoms with Gasteiger partial charge in [-0.2, -0.15) is 0 Å². The summed E-state index contributed by atoms with van der Waals surface area (Å²) < 4.78 is 11.4. The lowest BCUT2D eigenvalue weighted by Gasteiger charge is -2.40. The summed E-state index contributed by atoms with van der Waals surface area (Å²) in [5.74, 6) is -0.757. The fraction of sp³-hybridized carbons (Fsp3) is 0.750. The van der Waals surface area contributed by atoms with Crippen LogP contribution in [0.2, 0.25) is 0 Å². The first-order valence-corrected chi connectivity index (χ1v) is 28.5. The highest BCUT2D eigenvalue weighted by Gasteiger charge is 2.55. The van der Waals surface area contributed by atoms with E-state index in [0.29, 0.717) is 42.7 Å². The van der Waals surface area contributed by atoms with Crippen LogP contribution in [0.25, 0.3) is 0 Å². The fourth-order valence-corrected chi connectivity index (χ4v) is 11.3. The average molecular weight is 997 g/mol. The summed E-state index contributed by atoms with van der Waals surface area (Å²) in [7, 11) is 3.18. The van der Waals surface area contributed by atoms with Crippen molar-refractivity contribution in [3.63, 3.8) is 0 Å². The maximum atomic E-state index is 15.1. The standard InChI is InChI=1S/C60H97NO8.ClH/c1-5-7-9-11-13-15-17-19-21-23-25-27-29-31-36-40-57(62)67-69-68-59(64)54(39-35-30-28-26-24-22-20-18-16-14-12-10-8-6-2)60(48-52-45-55(65-3)56(66-4)46-53(52)58(60)63)47-50-41-43-61(44-42-50)49-51-37-33-32-34-38-51;/h32-34,37-38,45-46,50,54H,5-31,35-36,39-44,47-49H2,1-4H3;1H. The quantitative estimate of drug-likeness (QED) is 0.0366. The van der Waals surface area contributed by atoms with Crippen LogP contribution in [0.5, 0.6) is 11.5 Å². The van der Waals surface area contributed by atoms with Gasteiger partial charge in [-0.3, -0.25) is 19.5 Å². The molecule has 398 valence electrons. The average Bonchev–Trinajstić information content (AvgIpc) is 3.63. The van der Waals surface area contributed by atoms with Gasteiger partial charge in [-0.05, 0) is 80.8 Å². The SMILES string of the molecule is CCCCCCCCCCCCCCCCCC(=O)OOOC(=O)C(CCCCCCCCCCCCCCCC)C1(CC2CCN(Cc3ccccc3)CC2)Cc2cc(OC)c(OC)cc2C1=O.Cl. The third-order valence-corrected chi connectivity index (χ3v) is 15.4. The summed E-state index contributed by atoms with van der Waals surface area (Å²) in [6, 6.07) is 14.3. The lowest BCUT2D eigenvalue weighted by atomic mass is 9.64. The second kappa shape index (κ2) is 37.6. The Kier molecular flexibility index (Phi) is 32.8. The number of carbonyl (C=O) groups excluding carboxylic acids is 3. The van der Waals surface area contributed by atoms with Crippen molar-refractivity contribution in [3.8, 4) is 11.5 Å². The van der Waals surface area contributed by atoms with E-state index in [1.807, 2.05) is 12.1 Å². The topological polar surface area (TPSA) is 101 Å². The molecule has 1 aliphatic carbocycles. The minimum absolute atomic E-state index is 0. The molecule has 0 radical (unpaired) electrons. The molecule has 10 heteroatoms. The number of Topliss-reactive ketones (excluding diaryl/α,β-unsaturated/α-hetero) is 1. The smallest absolute Gasteiger partial charge is 0.350 e. The van der Waals surface area contributed by atoms with Gasteiger partial charge in [0.2, 0.25) is 0 Å². The molecule has 1 fully saturated rings. The molecule has 70 heavy (non-hydrogen) atoms. The number of halogens is 1. The van der Waals surface area contributed by atoms with Gasteiger partial charge in [0.25, 0.3) is 0 Å². The van der Waals surface area contributed by atoms with Crippen LogP contribution in [-0.4, -0.2) is 49.9 Å². The van der Waals surface area contributed by atoms with Gasteiger partial charge in [-0.15, -0.1) is 12.4 Å². The Balaban J connectivity index is 0.0000130. The Morgan fingerprint density at radius 3 is 1.56 bits per heavy atom. The first-order valence-electron chi connectivity index (χ1n) is 28.5. The van der Waals surface area contributed by atoms with Crippen LogP contribution in [0.4, 0.5) is 0 Å². The Bertz CT molecular complexity index is 1680. The van der Waals surface area contributed by atoms with Crippen molar-refractivity contribution in [1.29, 1.82) is 0 Å². The molecule has 0 spiro atoms. The van der Waals surface area contributed by atoms with Crippen molar-refractivity contribution >= 4 is 30.1 Å². The van der Waals surface area contributed by atoms with Gasteiger partial charge >= 0.3 is 11.9 Å². The van der Waals surface area contributed by atoms with Gasteiger partial charge in [-0.1, -0.05) is 224 Å². The highest BCUT2D eigenvalue weighted by Crippen LogP contribution is 2.52. The molecule has 0 aromatic heterocycles. The third kappa shape index (κ3) is 22.7. The molecule has 2 unspecified atom stereocenters. The molecule has 1 aliphatic heterocycles. The molecular formula is C60H98ClNO8. The van der Waals surface area contributed by atoms with E-state index in [0.717, 1.165) is 70.1 Å². The molecule has 9 nitrogen and oxygen atoms in total. The van der Waals surface area contributed by atoms with Crippen molar-refractivity contribution in [2.24, 2.45) is 17.3 Å². The minimum Gasteiger partial charge on any atom is -0.493 e. The van der Waals surface area contributed by atoms with Gasteiger partial charge in [0.05, 0.1) is 25.6 Å². The molecule has 4 rings (SSSR count). The highest BCUT2D eigenvalue weighted by molar-refractivity contribution is 6.07. The van der Waals surface area contributed by atoms with Crippen molar-refractivity contribution < 1.29 is 38.7 Å². The van der Waals surface area contributed by atoms with Crippen LogP contribution in [0.3, 0.4) is 0 Å². The summed E-state index contributed by atoms with van der Waals surface area (Å²) in [4.78, 5) is 55.3. The number of likely N-dealkylation sites (tertiary alicyclic amines) is 1. The predicted octanol–water partition coefficient (Wildman–Crippen LogP) is 16.8.